The molecule has 2 atom stereocenters. The molecule has 1 amide bonds. The summed E-state index contributed by atoms with van der Waals surface area (Å²) in [5.41, 5.74) is 4.22. The SMILES string of the molecule is CCCC(C)OC(=O)Nc1ccc(-c2c(C#N)c3ccc(OC4CCOC4)cc3n2C2CCC2)cc1. The number of anilines is 1. The van der Waals surface area contributed by atoms with Crippen molar-refractivity contribution in [3.05, 3.63) is 48.0 Å². The summed E-state index contributed by atoms with van der Waals surface area (Å²) in [5.74, 6) is 0.808. The van der Waals surface area contributed by atoms with Crippen LogP contribution in [0, 0.1) is 11.3 Å². The molecule has 2 aliphatic rings. The quantitative estimate of drug-likeness (QED) is 0.377. The second-order valence-corrected chi connectivity index (χ2v) is 9.78. The highest BCUT2D eigenvalue weighted by molar-refractivity contribution is 5.96. The van der Waals surface area contributed by atoms with Crippen LogP contribution in [-0.4, -0.2) is 36.1 Å². The number of benzene rings is 2. The summed E-state index contributed by atoms with van der Waals surface area (Å²) >= 11 is 0. The van der Waals surface area contributed by atoms with Gasteiger partial charge in [0.05, 0.1) is 30.0 Å². The molecule has 1 aliphatic heterocycles. The van der Waals surface area contributed by atoms with E-state index < -0.39 is 6.09 Å². The molecule has 1 aromatic heterocycles. The van der Waals surface area contributed by atoms with Crippen LogP contribution in [0.25, 0.3) is 22.2 Å². The Bertz CT molecular complexity index is 1260. The van der Waals surface area contributed by atoms with E-state index in [9.17, 15) is 10.1 Å². The van der Waals surface area contributed by atoms with Gasteiger partial charge in [-0.1, -0.05) is 25.5 Å². The zero-order valence-corrected chi connectivity index (χ0v) is 21.0. The molecule has 2 heterocycles. The lowest BCUT2D eigenvalue weighted by Gasteiger charge is -2.30. The Kier molecular flexibility index (Phi) is 7.15. The fourth-order valence-corrected chi connectivity index (χ4v) is 5.09. The van der Waals surface area contributed by atoms with E-state index in [1.165, 1.54) is 6.42 Å². The summed E-state index contributed by atoms with van der Waals surface area (Å²) in [4.78, 5) is 12.2. The lowest BCUT2D eigenvalue weighted by molar-refractivity contribution is 0.115. The average molecular weight is 488 g/mol. The number of nitrogens with one attached hydrogen (secondary N) is 1. The molecular weight excluding hydrogens is 454 g/mol. The Hall–Kier alpha value is -3.50. The first-order valence-electron chi connectivity index (χ1n) is 13.0. The molecule has 36 heavy (non-hydrogen) atoms. The molecule has 188 valence electrons. The molecule has 0 radical (unpaired) electrons. The van der Waals surface area contributed by atoms with E-state index in [-0.39, 0.29) is 12.2 Å². The van der Waals surface area contributed by atoms with Crippen LogP contribution in [0.2, 0.25) is 0 Å². The van der Waals surface area contributed by atoms with Crippen LogP contribution in [0.3, 0.4) is 0 Å². The van der Waals surface area contributed by atoms with Crippen molar-refractivity contribution < 1.29 is 19.0 Å². The number of carbonyl (C=O) groups is 1. The average Bonchev–Trinajstić information content (AvgIpc) is 3.45. The Balaban J connectivity index is 1.46. The number of nitrogens with zero attached hydrogens (tertiary/aromatic N) is 2. The number of amides is 1. The molecule has 3 aromatic rings. The van der Waals surface area contributed by atoms with Gasteiger partial charge in [-0.3, -0.25) is 5.32 Å². The summed E-state index contributed by atoms with van der Waals surface area (Å²) in [7, 11) is 0. The monoisotopic (exact) mass is 487 g/mol. The normalized spacial score (nSPS) is 18.4. The molecule has 2 unspecified atom stereocenters. The lowest BCUT2D eigenvalue weighted by atomic mass is 9.92. The molecular formula is C29H33N3O4. The second kappa shape index (κ2) is 10.6. The summed E-state index contributed by atoms with van der Waals surface area (Å²) in [5, 5.41) is 13.9. The van der Waals surface area contributed by atoms with Gasteiger partial charge in [0.2, 0.25) is 0 Å². The predicted molar refractivity (Wildman–Crippen MR) is 139 cm³/mol. The number of rotatable bonds is 8. The number of aromatic nitrogens is 1. The Labute approximate surface area is 211 Å². The van der Waals surface area contributed by atoms with Crippen LogP contribution in [0.1, 0.15) is 64.0 Å². The van der Waals surface area contributed by atoms with E-state index in [4.69, 9.17) is 14.2 Å². The predicted octanol–water partition coefficient (Wildman–Crippen LogP) is 6.81. The summed E-state index contributed by atoms with van der Waals surface area (Å²) in [6.07, 6.45) is 5.53. The van der Waals surface area contributed by atoms with Gasteiger partial charge >= 0.3 is 6.09 Å². The highest BCUT2D eigenvalue weighted by Gasteiger charge is 2.28. The van der Waals surface area contributed by atoms with E-state index in [1.807, 2.05) is 43.3 Å². The van der Waals surface area contributed by atoms with E-state index in [0.29, 0.717) is 23.9 Å². The fraction of sp³-hybridized carbons (Fsp3) is 0.448. The fourth-order valence-electron chi connectivity index (χ4n) is 5.09. The van der Waals surface area contributed by atoms with Gasteiger partial charge in [-0.2, -0.15) is 5.26 Å². The van der Waals surface area contributed by atoms with Crippen molar-refractivity contribution >= 4 is 22.7 Å². The summed E-state index contributed by atoms with van der Waals surface area (Å²) in [6.45, 7) is 5.30. The van der Waals surface area contributed by atoms with Crippen LogP contribution in [0.4, 0.5) is 10.5 Å². The van der Waals surface area contributed by atoms with Gasteiger partial charge in [0.1, 0.15) is 24.0 Å². The van der Waals surface area contributed by atoms with Gasteiger partial charge in [0.15, 0.2) is 0 Å². The topological polar surface area (TPSA) is 85.5 Å². The number of carbonyl (C=O) groups excluding carboxylic acids is 1. The van der Waals surface area contributed by atoms with Gasteiger partial charge in [0.25, 0.3) is 0 Å². The first kappa shape index (κ1) is 24.2. The largest absolute Gasteiger partial charge is 0.488 e. The van der Waals surface area contributed by atoms with E-state index in [0.717, 1.165) is 66.6 Å². The smallest absolute Gasteiger partial charge is 0.411 e. The van der Waals surface area contributed by atoms with Crippen LogP contribution in [-0.2, 0) is 9.47 Å². The third-order valence-corrected chi connectivity index (χ3v) is 7.13. The van der Waals surface area contributed by atoms with Gasteiger partial charge in [-0.25, -0.2) is 4.79 Å². The maximum atomic E-state index is 12.2. The molecule has 1 aliphatic carbocycles. The second-order valence-electron chi connectivity index (χ2n) is 9.78. The zero-order valence-electron chi connectivity index (χ0n) is 21.0. The van der Waals surface area contributed by atoms with Crippen LogP contribution in [0.15, 0.2) is 42.5 Å². The molecule has 7 heteroatoms. The molecule has 1 saturated carbocycles. The van der Waals surface area contributed by atoms with Crippen molar-refractivity contribution in [2.75, 3.05) is 18.5 Å². The van der Waals surface area contributed by atoms with E-state index >= 15 is 0 Å². The third kappa shape index (κ3) is 4.91. The molecule has 0 spiro atoms. The third-order valence-electron chi connectivity index (χ3n) is 7.13. The van der Waals surface area contributed by atoms with Crippen molar-refractivity contribution in [3.8, 4) is 23.1 Å². The number of hydrogen-bond donors (Lipinski definition) is 1. The van der Waals surface area contributed by atoms with E-state index in [1.54, 1.807) is 0 Å². The first-order valence-corrected chi connectivity index (χ1v) is 13.0. The van der Waals surface area contributed by atoms with Crippen molar-refractivity contribution in [2.45, 2.75) is 70.6 Å². The van der Waals surface area contributed by atoms with Crippen LogP contribution < -0.4 is 10.1 Å². The maximum Gasteiger partial charge on any atom is 0.411 e. The van der Waals surface area contributed by atoms with E-state index in [2.05, 4.69) is 28.9 Å². The van der Waals surface area contributed by atoms with Crippen molar-refractivity contribution in [3.63, 3.8) is 0 Å². The number of nitriles is 1. The summed E-state index contributed by atoms with van der Waals surface area (Å²) < 4.78 is 19.4. The Morgan fingerprint density at radius 3 is 2.67 bits per heavy atom. The minimum absolute atomic E-state index is 0.0705. The summed E-state index contributed by atoms with van der Waals surface area (Å²) in [6, 6.07) is 16.5. The lowest BCUT2D eigenvalue weighted by Crippen LogP contribution is -2.20. The van der Waals surface area contributed by atoms with Crippen molar-refractivity contribution in [2.24, 2.45) is 0 Å². The molecule has 1 saturated heterocycles. The van der Waals surface area contributed by atoms with Crippen molar-refractivity contribution in [1.82, 2.24) is 4.57 Å². The highest BCUT2D eigenvalue weighted by atomic mass is 16.6. The Morgan fingerprint density at radius 1 is 1.22 bits per heavy atom. The van der Waals surface area contributed by atoms with Gasteiger partial charge < -0.3 is 18.8 Å². The van der Waals surface area contributed by atoms with Crippen LogP contribution in [0.5, 0.6) is 5.75 Å². The number of ether oxygens (including phenoxy) is 3. The molecule has 7 nitrogen and oxygen atoms in total. The van der Waals surface area contributed by atoms with Gasteiger partial charge in [-0.15, -0.1) is 0 Å². The maximum absolute atomic E-state index is 12.2. The standard InChI is InChI=1S/C29H33N3O4/c1-3-5-19(2)35-29(33)31-21-10-8-20(9-11-21)28-26(17-30)25-13-12-23(36-24-14-15-34-18-24)16-27(25)32(28)22-6-4-7-22/h8-13,16,19,22,24H,3-7,14-15,18H2,1-2H3,(H,31,33). The number of fused-ring (bicyclic) bond motifs is 1. The first-order chi connectivity index (χ1) is 17.6. The van der Waals surface area contributed by atoms with Gasteiger partial charge in [0, 0.05) is 29.6 Å². The van der Waals surface area contributed by atoms with Crippen molar-refractivity contribution in [1.29, 1.82) is 5.26 Å². The Morgan fingerprint density at radius 2 is 2.03 bits per heavy atom. The molecule has 5 rings (SSSR count). The zero-order chi connectivity index (χ0) is 25.1. The van der Waals surface area contributed by atoms with Gasteiger partial charge in [-0.05, 0) is 62.4 Å². The molecule has 2 aromatic carbocycles. The highest BCUT2D eigenvalue weighted by Crippen LogP contribution is 2.43. The minimum Gasteiger partial charge on any atom is -0.488 e. The molecule has 0 bridgehead atoms. The molecule has 2 fully saturated rings. The number of hydrogen-bond acceptors (Lipinski definition) is 5. The molecule has 1 N–H and O–H groups in total. The minimum atomic E-state index is -0.454. The van der Waals surface area contributed by atoms with Crippen LogP contribution >= 0.6 is 0 Å².